The first-order chi connectivity index (χ1) is 14.9. The molecule has 3 rings (SSSR count). The number of para-hydroxylation sites is 2. The fraction of sp³-hybridized carbons (Fsp3) is 0.348. The number of benzene rings is 2. The van der Waals surface area contributed by atoms with Crippen LogP contribution in [0.25, 0.3) is 0 Å². The standard InChI is InChI=1S/C23H26N2O6/c1-4-25(5-2)22(27)16-10-12-17(13-11-16)24-20(26)14-29-23(28)21-15(3)30-18-8-6-7-9-19(18)31-21/h6-13,15,21H,4-5,14H2,1-3H3,(H,24,26). The number of hydrogen-bond acceptors (Lipinski definition) is 6. The number of rotatable bonds is 7. The van der Waals surface area contributed by atoms with E-state index in [0.717, 1.165) is 0 Å². The highest BCUT2D eigenvalue weighted by Crippen LogP contribution is 2.33. The van der Waals surface area contributed by atoms with E-state index in [1.54, 1.807) is 54.3 Å². The molecule has 1 N–H and O–H groups in total. The summed E-state index contributed by atoms with van der Waals surface area (Å²) in [6.45, 7) is 6.32. The number of carbonyl (C=O) groups excluding carboxylic acids is 3. The van der Waals surface area contributed by atoms with Crippen molar-refractivity contribution in [2.45, 2.75) is 33.0 Å². The molecule has 2 unspecified atom stereocenters. The van der Waals surface area contributed by atoms with Gasteiger partial charge in [0, 0.05) is 24.3 Å². The van der Waals surface area contributed by atoms with Crippen molar-refractivity contribution < 1.29 is 28.6 Å². The minimum absolute atomic E-state index is 0.0674. The van der Waals surface area contributed by atoms with Crippen LogP contribution in [0, 0.1) is 0 Å². The summed E-state index contributed by atoms with van der Waals surface area (Å²) in [6.07, 6.45) is -1.52. The molecule has 164 valence electrons. The summed E-state index contributed by atoms with van der Waals surface area (Å²) in [5.41, 5.74) is 1.04. The van der Waals surface area contributed by atoms with Gasteiger partial charge in [-0.1, -0.05) is 12.1 Å². The molecule has 2 atom stereocenters. The third-order valence-corrected chi connectivity index (χ3v) is 4.89. The van der Waals surface area contributed by atoms with Crippen molar-refractivity contribution in [2.75, 3.05) is 25.0 Å². The van der Waals surface area contributed by atoms with Crippen molar-refractivity contribution in [3.63, 3.8) is 0 Å². The lowest BCUT2D eigenvalue weighted by Crippen LogP contribution is -2.45. The molecule has 0 radical (unpaired) electrons. The summed E-state index contributed by atoms with van der Waals surface area (Å²) >= 11 is 0. The van der Waals surface area contributed by atoms with E-state index < -0.39 is 30.7 Å². The van der Waals surface area contributed by atoms with Gasteiger partial charge >= 0.3 is 5.97 Å². The lowest BCUT2D eigenvalue weighted by atomic mass is 10.1. The maximum Gasteiger partial charge on any atom is 0.351 e. The average molecular weight is 426 g/mol. The van der Waals surface area contributed by atoms with Crippen LogP contribution in [0.2, 0.25) is 0 Å². The number of nitrogens with zero attached hydrogens (tertiary/aromatic N) is 1. The minimum atomic E-state index is -0.965. The lowest BCUT2D eigenvalue weighted by molar-refractivity contribution is -0.159. The Bertz CT molecular complexity index is 939. The molecule has 31 heavy (non-hydrogen) atoms. The first-order valence-corrected chi connectivity index (χ1v) is 10.2. The molecular formula is C23H26N2O6. The van der Waals surface area contributed by atoms with E-state index in [1.165, 1.54) is 0 Å². The molecule has 8 heteroatoms. The Morgan fingerprint density at radius 2 is 1.58 bits per heavy atom. The first-order valence-electron chi connectivity index (χ1n) is 10.2. The van der Waals surface area contributed by atoms with Crippen molar-refractivity contribution >= 4 is 23.5 Å². The average Bonchev–Trinajstić information content (AvgIpc) is 2.78. The predicted molar refractivity (Wildman–Crippen MR) is 114 cm³/mol. The van der Waals surface area contributed by atoms with Crippen molar-refractivity contribution in [1.82, 2.24) is 4.90 Å². The number of esters is 1. The van der Waals surface area contributed by atoms with Crippen molar-refractivity contribution in [1.29, 1.82) is 0 Å². The minimum Gasteiger partial charge on any atom is -0.482 e. The maximum atomic E-state index is 12.4. The van der Waals surface area contributed by atoms with Crippen LogP contribution in [0.1, 0.15) is 31.1 Å². The normalized spacial score (nSPS) is 16.9. The van der Waals surface area contributed by atoms with Gasteiger partial charge in [-0.05, 0) is 57.2 Å². The molecule has 1 heterocycles. The second-order valence-corrected chi connectivity index (χ2v) is 7.02. The van der Waals surface area contributed by atoms with Gasteiger partial charge in [-0.2, -0.15) is 0 Å². The fourth-order valence-corrected chi connectivity index (χ4v) is 3.18. The monoisotopic (exact) mass is 426 g/mol. The zero-order valence-electron chi connectivity index (χ0n) is 17.8. The molecule has 0 saturated carbocycles. The number of hydrogen-bond donors (Lipinski definition) is 1. The van der Waals surface area contributed by atoms with E-state index in [2.05, 4.69) is 5.32 Å². The van der Waals surface area contributed by atoms with Gasteiger partial charge in [0.15, 0.2) is 18.1 Å². The van der Waals surface area contributed by atoms with E-state index in [4.69, 9.17) is 14.2 Å². The Balaban J connectivity index is 1.51. The summed E-state index contributed by atoms with van der Waals surface area (Å²) in [7, 11) is 0. The van der Waals surface area contributed by atoms with Gasteiger partial charge in [0.25, 0.3) is 11.8 Å². The number of amides is 2. The van der Waals surface area contributed by atoms with Gasteiger partial charge in [0.2, 0.25) is 6.10 Å². The van der Waals surface area contributed by atoms with Crippen LogP contribution in [-0.4, -0.2) is 54.6 Å². The summed E-state index contributed by atoms with van der Waals surface area (Å²) in [6, 6.07) is 13.6. The van der Waals surface area contributed by atoms with Crippen molar-refractivity contribution in [2.24, 2.45) is 0 Å². The summed E-state index contributed by atoms with van der Waals surface area (Å²) in [5.74, 6) is -0.244. The summed E-state index contributed by atoms with van der Waals surface area (Å²) < 4.78 is 16.4. The Morgan fingerprint density at radius 1 is 0.968 bits per heavy atom. The SMILES string of the molecule is CCN(CC)C(=O)c1ccc(NC(=O)COC(=O)C2Oc3ccccc3OC2C)cc1. The number of anilines is 1. The van der Waals surface area contributed by atoms with E-state index in [9.17, 15) is 14.4 Å². The smallest absolute Gasteiger partial charge is 0.351 e. The molecule has 0 bridgehead atoms. The first kappa shape index (κ1) is 22.1. The third-order valence-electron chi connectivity index (χ3n) is 4.89. The van der Waals surface area contributed by atoms with Crippen LogP contribution in [0.4, 0.5) is 5.69 Å². The molecule has 8 nitrogen and oxygen atoms in total. The lowest BCUT2D eigenvalue weighted by Gasteiger charge is -2.30. The van der Waals surface area contributed by atoms with Crippen LogP contribution in [0.15, 0.2) is 48.5 Å². The Morgan fingerprint density at radius 3 is 2.19 bits per heavy atom. The molecule has 0 fully saturated rings. The van der Waals surface area contributed by atoms with Crippen LogP contribution < -0.4 is 14.8 Å². The molecule has 0 spiro atoms. The molecule has 0 aliphatic carbocycles. The quantitative estimate of drug-likeness (QED) is 0.685. The third kappa shape index (κ3) is 5.33. The van der Waals surface area contributed by atoms with Gasteiger partial charge in [-0.25, -0.2) is 4.79 Å². The second-order valence-electron chi connectivity index (χ2n) is 7.02. The predicted octanol–water partition coefficient (Wildman–Crippen LogP) is 2.88. The fourth-order valence-electron chi connectivity index (χ4n) is 3.18. The van der Waals surface area contributed by atoms with Crippen LogP contribution in [0.3, 0.4) is 0 Å². The summed E-state index contributed by atoms with van der Waals surface area (Å²) in [5, 5.41) is 2.64. The zero-order chi connectivity index (χ0) is 22.4. The maximum absolute atomic E-state index is 12.4. The summed E-state index contributed by atoms with van der Waals surface area (Å²) in [4.78, 5) is 38.6. The molecule has 0 saturated heterocycles. The van der Waals surface area contributed by atoms with E-state index in [0.29, 0.717) is 35.8 Å². The molecule has 1 aliphatic heterocycles. The zero-order valence-corrected chi connectivity index (χ0v) is 17.8. The highest BCUT2D eigenvalue weighted by molar-refractivity contribution is 5.96. The van der Waals surface area contributed by atoms with Gasteiger partial charge in [-0.3, -0.25) is 9.59 Å². The molecule has 2 aromatic rings. The van der Waals surface area contributed by atoms with Gasteiger partial charge in [0.05, 0.1) is 0 Å². The highest BCUT2D eigenvalue weighted by Gasteiger charge is 2.35. The number of fused-ring (bicyclic) bond motifs is 1. The molecule has 0 aromatic heterocycles. The van der Waals surface area contributed by atoms with Crippen LogP contribution in [-0.2, 0) is 14.3 Å². The number of carbonyl (C=O) groups is 3. The topological polar surface area (TPSA) is 94.2 Å². The second kappa shape index (κ2) is 9.97. The van der Waals surface area contributed by atoms with Gasteiger partial charge in [-0.15, -0.1) is 0 Å². The Labute approximate surface area is 181 Å². The molecule has 1 aliphatic rings. The number of nitrogens with one attached hydrogen (secondary N) is 1. The Hall–Kier alpha value is -3.55. The number of ether oxygens (including phenoxy) is 3. The molecular weight excluding hydrogens is 400 g/mol. The largest absolute Gasteiger partial charge is 0.482 e. The van der Waals surface area contributed by atoms with Crippen molar-refractivity contribution in [3.8, 4) is 11.5 Å². The van der Waals surface area contributed by atoms with E-state index in [-0.39, 0.29) is 5.91 Å². The van der Waals surface area contributed by atoms with E-state index >= 15 is 0 Å². The van der Waals surface area contributed by atoms with E-state index in [1.807, 2.05) is 19.9 Å². The van der Waals surface area contributed by atoms with Gasteiger partial charge < -0.3 is 24.4 Å². The van der Waals surface area contributed by atoms with Crippen molar-refractivity contribution in [3.05, 3.63) is 54.1 Å². The Kier molecular flexibility index (Phi) is 7.12. The molecule has 2 amide bonds. The molecule has 2 aromatic carbocycles. The van der Waals surface area contributed by atoms with Gasteiger partial charge in [0.1, 0.15) is 6.10 Å². The highest BCUT2D eigenvalue weighted by atomic mass is 16.6. The van der Waals surface area contributed by atoms with Crippen LogP contribution in [0.5, 0.6) is 11.5 Å². The van der Waals surface area contributed by atoms with Crippen LogP contribution >= 0.6 is 0 Å².